The topological polar surface area (TPSA) is 47.8 Å². The standard InChI is InChI=1S/C17H14FN3OS/c1-21-16(12-6-3-2-4-7-12)19-20-17(21)23-11-15(22)13-8-5-9-14(18)10-13/h2-10H,11H2,1H3. The molecule has 3 rings (SSSR count). The van der Waals surface area contributed by atoms with Crippen LogP contribution in [0, 0.1) is 5.82 Å². The van der Waals surface area contributed by atoms with Gasteiger partial charge in [-0.2, -0.15) is 0 Å². The van der Waals surface area contributed by atoms with E-state index in [1.807, 2.05) is 41.9 Å². The molecular formula is C17H14FN3OS. The Labute approximate surface area is 137 Å². The Morgan fingerprint density at radius 3 is 2.65 bits per heavy atom. The Kier molecular flexibility index (Phi) is 4.52. The van der Waals surface area contributed by atoms with Crippen molar-refractivity contribution in [3.63, 3.8) is 0 Å². The molecule has 1 aromatic heterocycles. The van der Waals surface area contributed by atoms with Crippen LogP contribution < -0.4 is 0 Å². The molecule has 0 amide bonds. The zero-order valence-electron chi connectivity index (χ0n) is 12.4. The summed E-state index contributed by atoms with van der Waals surface area (Å²) in [7, 11) is 1.86. The first-order chi connectivity index (χ1) is 11.1. The lowest BCUT2D eigenvalue weighted by molar-refractivity contribution is 0.102. The summed E-state index contributed by atoms with van der Waals surface area (Å²) < 4.78 is 15.0. The van der Waals surface area contributed by atoms with Gasteiger partial charge >= 0.3 is 0 Å². The fourth-order valence-corrected chi connectivity index (χ4v) is 2.96. The molecule has 0 saturated carbocycles. The molecule has 23 heavy (non-hydrogen) atoms. The third-order valence-electron chi connectivity index (χ3n) is 3.35. The molecule has 3 aromatic rings. The molecule has 6 heteroatoms. The number of carbonyl (C=O) groups is 1. The van der Waals surface area contributed by atoms with E-state index >= 15 is 0 Å². The smallest absolute Gasteiger partial charge is 0.191 e. The largest absolute Gasteiger partial charge is 0.305 e. The van der Waals surface area contributed by atoms with Gasteiger partial charge in [0, 0.05) is 18.2 Å². The van der Waals surface area contributed by atoms with Crippen molar-refractivity contribution in [2.24, 2.45) is 7.05 Å². The molecule has 116 valence electrons. The maximum Gasteiger partial charge on any atom is 0.191 e. The van der Waals surface area contributed by atoms with Crippen LogP contribution >= 0.6 is 11.8 Å². The molecule has 0 aliphatic rings. The second-order valence-electron chi connectivity index (χ2n) is 4.95. The lowest BCUT2D eigenvalue weighted by Crippen LogP contribution is -2.04. The van der Waals surface area contributed by atoms with Crippen LogP contribution in [0.2, 0.25) is 0 Å². The number of halogens is 1. The molecule has 1 heterocycles. The average Bonchev–Trinajstić information content (AvgIpc) is 2.94. The number of rotatable bonds is 5. The quantitative estimate of drug-likeness (QED) is 0.531. The fraction of sp³-hybridized carbons (Fsp3) is 0.118. The van der Waals surface area contributed by atoms with Gasteiger partial charge in [-0.05, 0) is 12.1 Å². The van der Waals surface area contributed by atoms with Crippen molar-refractivity contribution in [1.82, 2.24) is 14.8 Å². The SMILES string of the molecule is Cn1c(SCC(=O)c2cccc(F)c2)nnc1-c1ccccc1. The minimum absolute atomic E-state index is 0.140. The van der Waals surface area contributed by atoms with Crippen LogP contribution in [0.3, 0.4) is 0 Å². The maximum atomic E-state index is 13.2. The number of hydrogen-bond acceptors (Lipinski definition) is 4. The number of ketones is 1. The van der Waals surface area contributed by atoms with Crippen LogP contribution in [0.5, 0.6) is 0 Å². The van der Waals surface area contributed by atoms with Crippen molar-refractivity contribution in [3.8, 4) is 11.4 Å². The molecule has 0 N–H and O–H groups in total. The van der Waals surface area contributed by atoms with E-state index in [1.54, 1.807) is 6.07 Å². The molecule has 0 aliphatic carbocycles. The van der Waals surface area contributed by atoms with Crippen LogP contribution in [0.1, 0.15) is 10.4 Å². The Hall–Kier alpha value is -2.47. The lowest BCUT2D eigenvalue weighted by atomic mass is 10.1. The predicted octanol–water partition coefficient (Wildman–Crippen LogP) is 3.60. The maximum absolute atomic E-state index is 13.2. The molecule has 0 spiro atoms. The molecule has 0 aliphatic heterocycles. The molecule has 0 saturated heterocycles. The van der Waals surface area contributed by atoms with Crippen molar-refractivity contribution in [2.45, 2.75) is 5.16 Å². The third kappa shape index (κ3) is 3.48. The van der Waals surface area contributed by atoms with Crippen LogP contribution in [-0.2, 0) is 7.05 Å². The van der Waals surface area contributed by atoms with E-state index in [9.17, 15) is 9.18 Å². The Morgan fingerprint density at radius 1 is 1.13 bits per heavy atom. The minimum atomic E-state index is -0.411. The van der Waals surface area contributed by atoms with Crippen molar-refractivity contribution < 1.29 is 9.18 Å². The number of aromatic nitrogens is 3. The zero-order valence-corrected chi connectivity index (χ0v) is 13.3. The Balaban J connectivity index is 1.72. The molecule has 0 radical (unpaired) electrons. The summed E-state index contributed by atoms with van der Waals surface area (Å²) in [5, 5.41) is 8.94. The average molecular weight is 327 g/mol. The molecule has 4 nitrogen and oxygen atoms in total. The fourth-order valence-electron chi connectivity index (χ4n) is 2.15. The highest BCUT2D eigenvalue weighted by Crippen LogP contribution is 2.23. The summed E-state index contributed by atoms with van der Waals surface area (Å²) >= 11 is 1.29. The highest BCUT2D eigenvalue weighted by Gasteiger charge is 2.13. The van der Waals surface area contributed by atoms with Gasteiger partial charge < -0.3 is 4.57 Å². The Bertz CT molecular complexity index is 833. The molecular weight excluding hydrogens is 313 g/mol. The molecule has 0 bridgehead atoms. The monoisotopic (exact) mass is 327 g/mol. The van der Waals surface area contributed by atoms with Gasteiger partial charge in [-0.1, -0.05) is 54.2 Å². The van der Waals surface area contributed by atoms with Gasteiger partial charge in [-0.15, -0.1) is 10.2 Å². The normalized spacial score (nSPS) is 10.7. The number of hydrogen-bond donors (Lipinski definition) is 0. The van der Waals surface area contributed by atoms with Crippen molar-refractivity contribution in [3.05, 3.63) is 66.0 Å². The highest BCUT2D eigenvalue weighted by molar-refractivity contribution is 7.99. The van der Waals surface area contributed by atoms with E-state index in [1.165, 1.54) is 30.0 Å². The van der Waals surface area contributed by atoms with Crippen LogP contribution in [0.4, 0.5) is 4.39 Å². The van der Waals surface area contributed by atoms with Gasteiger partial charge in [-0.3, -0.25) is 4.79 Å². The minimum Gasteiger partial charge on any atom is -0.305 e. The van der Waals surface area contributed by atoms with E-state index in [4.69, 9.17) is 0 Å². The number of thioether (sulfide) groups is 1. The summed E-state index contributed by atoms with van der Waals surface area (Å²) in [5.74, 6) is 0.375. The van der Waals surface area contributed by atoms with Gasteiger partial charge in [0.05, 0.1) is 5.75 Å². The van der Waals surface area contributed by atoms with Crippen molar-refractivity contribution in [2.75, 3.05) is 5.75 Å². The second kappa shape index (κ2) is 6.75. The Morgan fingerprint density at radius 2 is 1.91 bits per heavy atom. The lowest BCUT2D eigenvalue weighted by Gasteiger charge is -2.04. The van der Waals surface area contributed by atoms with Crippen molar-refractivity contribution in [1.29, 1.82) is 0 Å². The second-order valence-corrected chi connectivity index (χ2v) is 5.90. The summed E-state index contributed by atoms with van der Waals surface area (Å²) in [5.41, 5.74) is 1.33. The predicted molar refractivity (Wildman–Crippen MR) is 87.9 cm³/mol. The number of carbonyl (C=O) groups excluding carboxylic acids is 1. The van der Waals surface area contributed by atoms with Gasteiger partial charge in [0.15, 0.2) is 16.8 Å². The summed E-state index contributed by atoms with van der Waals surface area (Å²) in [6.45, 7) is 0. The van der Waals surface area contributed by atoms with E-state index < -0.39 is 5.82 Å². The first-order valence-electron chi connectivity index (χ1n) is 7.01. The number of Topliss-reactive ketones (excluding diaryl/α,β-unsaturated/α-hetero) is 1. The highest BCUT2D eigenvalue weighted by atomic mass is 32.2. The first kappa shape index (κ1) is 15.4. The van der Waals surface area contributed by atoms with E-state index in [-0.39, 0.29) is 11.5 Å². The van der Waals surface area contributed by atoms with E-state index in [2.05, 4.69) is 10.2 Å². The molecule has 2 aromatic carbocycles. The number of benzene rings is 2. The van der Waals surface area contributed by atoms with Gasteiger partial charge in [0.25, 0.3) is 0 Å². The van der Waals surface area contributed by atoms with Gasteiger partial charge in [0.1, 0.15) is 5.82 Å². The first-order valence-corrected chi connectivity index (χ1v) is 8.00. The zero-order chi connectivity index (χ0) is 16.2. The molecule has 0 atom stereocenters. The van der Waals surface area contributed by atoms with Crippen LogP contribution in [0.25, 0.3) is 11.4 Å². The summed E-state index contributed by atoms with van der Waals surface area (Å²) in [6, 6.07) is 15.4. The number of nitrogens with zero attached hydrogens (tertiary/aromatic N) is 3. The third-order valence-corrected chi connectivity index (χ3v) is 4.37. The van der Waals surface area contributed by atoms with Gasteiger partial charge in [0.2, 0.25) is 0 Å². The summed E-state index contributed by atoms with van der Waals surface area (Å²) in [6.07, 6.45) is 0. The van der Waals surface area contributed by atoms with Gasteiger partial charge in [-0.25, -0.2) is 4.39 Å². The summed E-state index contributed by atoms with van der Waals surface area (Å²) in [4.78, 5) is 12.1. The van der Waals surface area contributed by atoms with E-state index in [0.717, 1.165) is 11.4 Å². The molecule has 0 unspecified atom stereocenters. The van der Waals surface area contributed by atoms with Crippen LogP contribution in [0.15, 0.2) is 59.8 Å². The van der Waals surface area contributed by atoms with Crippen molar-refractivity contribution >= 4 is 17.5 Å². The molecule has 0 fully saturated rings. The van der Waals surface area contributed by atoms with E-state index in [0.29, 0.717) is 10.7 Å². The van der Waals surface area contributed by atoms with Crippen LogP contribution in [-0.4, -0.2) is 26.3 Å².